The van der Waals surface area contributed by atoms with Gasteiger partial charge in [-0.05, 0) is 6.07 Å². The van der Waals surface area contributed by atoms with Crippen LogP contribution in [0.4, 0.5) is 5.69 Å². The Labute approximate surface area is 108 Å². The lowest BCUT2D eigenvalue weighted by atomic mass is 10.1. The Morgan fingerprint density at radius 2 is 2.11 bits per heavy atom. The molecule has 1 aromatic rings. The first-order valence-electron chi connectivity index (χ1n) is 5.19. The molecule has 0 spiro atoms. The number of aliphatic hydroxyl groups is 1. The van der Waals surface area contributed by atoms with Crippen LogP contribution in [0.25, 0.3) is 0 Å². The van der Waals surface area contributed by atoms with Crippen LogP contribution < -0.4 is 9.47 Å². The highest BCUT2D eigenvalue weighted by molar-refractivity contribution is 5.71. The highest BCUT2D eigenvalue weighted by Crippen LogP contribution is 2.37. The van der Waals surface area contributed by atoms with Gasteiger partial charge in [0.25, 0.3) is 5.69 Å². The molecule has 0 aromatic heterocycles. The third-order valence-corrected chi connectivity index (χ3v) is 2.34. The second-order valence-electron chi connectivity index (χ2n) is 3.37. The van der Waals surface area contributed by atoms with Crippen LogP contribution in [-0.2, 0) is 16.1 Å². The van der Waals surface area contributed by atoms with Crippen LogP contribution in [0.5, 0.6) is 11.5 Å². The number of aliphatic hydroxyl groups excluding tert-OH is 1. The molecule has 0 fully saturated rings. The fraction of sp³-hybridized carbons (Fsp3) is 0.364. The molecule has 0 unspecified atom stereocenters. The van der Waals surface area contributed by atoms with Gasteiger partial charge in [-0.3, -0.25) is 10.1 Å². The van der Waals surface area contributed by atoms with Gasteiger partial charge in [-0.2, -0.15) is 0 Å². The average Bonchev–Trinajstić information content (AvgIpc) is 2.42. The van der Waals surface area contributed by atoms with Crippen molar-refractivity contribution in [3.05, 3.63) is 27.8 Å². The van der Waals surface area contributed by atoms with E-state index in [1.165, 1.54) is 26.4 Å². The van der Waals surface area contributed by atoms with Gasteiger partial charge in [0.1, 0.15) is 5.56 Å². The van der Waals surface area contributed by atoms with Gasteiger partial charge in [0.15, 0.2) is 18.1 Å². The number of benzene rings is 1. The van der Waals surface area contributed by atoms with Crippen LogP contribution in [0, 0.1) is 10.1 Å². The third-order valence-electron chi connectivity index (χ3n) is 2.34. The van der Waals surface area contributed by atoms with Crippen molar-refractivity contribution in [2.45, 2.75) is 6.61 Å². The van der Waals surface area contributed by atoms with E-state index >= 15 is 0 Å². The Kier molecular flexibility index (Phi) is 5.07. The maximum absolute atomic E-state index is 11.0. The zero-order valence-corrected chi connectivity index (χ0v) is 10.4. The van der Waals surface area contributed by atoms with Gasteiger partial charge < -0.3 is 19.3 Å². The van der Waals surface area contributed by atoms with Gasteiger partial charge in [-0.25, -0.2) is 4.79 Å². The fourth-order valence-corrected chi connectivity index (χ4v) is 1.43. The van der Waals surface area contributed by atoms with Crippen LogP contribution in [-0.4, -0.2) is 36.8 Å². The second-order valence-corrected chi connectivity index (χ2v) is 3.37. The van der Waals surface area contributed by atoms with Gasteiger partial charge in [0, 0.05) is 6.07 Å². The molecule has 0 saturated carbocycles. The van der Waals surface area contributed by atoms with Crippen molar-refractivity contribution in [3.8, 4) is 11.5 Å². The quantitative estimate of drug-likeness (QED) is 0.459. The van der Waals surface area contributed by atoms with Gasteiger partial charge in [-0.15, -0.1) is 0 Å². The lowest BCUT2D eigenvalue weighted by Gasteiger charge is -2.13. The molecule has 104 valence electrons. The molecular formula is C11H13NO7. The van der Waals surface area contributed by atoms with Crippen molar-refractivity contribution < 1.29 is 29.0 Å². The minimum atomic E-state index is -0.657. The summed E-state index contributed by atoms with van der Waals surface area (Å²) in [6.07, 6.45) is 0. The Morgan fingerprint density at radius 3 is 2.58 bits per heavy atom. The molecule has 0 saturated heterocycles. The summed E-state index contributed by atoms with van der Waals surface area (Å²) in [5, 5.41) is 20.1. The molecule has 0 aliphatic carbocycles. The van der Waals surface area contributed by atoms with Crippen molar-refractivity contribution in [1.29, 1.82) is 0 Å². The van der Waals surface area contributed by atoms with E-state index in [0.29, 0.717) is 0 Å². The lowest BCUT2D eigenvalue weighted by molar-refractivity contribution is -0.386. The summed E-state index contributed by atoms with van der Waals surface area (Å²) in [6.45, 7) is -1.06. The van der Waals surface area contributed by atoms with Crippen LogP contribution in [0.2, 0.25) is 0 Å². The molecule has 1 aromatic carbocycles. The van der Waals surface area contributed by atoms with E-state index in [1.807, 2.05) is 0 Å². The van der Waals surface area contributed by atoms with Gasteiger partial charge in [-0.1, -0.05) is 0 Å². The third kappa shape index (κ3) is 3.32. The zero-order valence-electron chi connectivity index (χ0n) is 10.4. The highest BCUT2D eigenvalue weighted by Gasteiger charge is 2.22. The normalized spacial score (nSPS) is 9.84. The minimum Gasteiger partial charge on any atom is -0.493 e. The predicted molar refractivity (Wildman–Crippen MR) is 63.1 cm³/mol. The lowest BCUT2D eigenvalue weighted by Crippen LogP contribution is -2.14. The first kappa shape index (κ1) is 14.7. The molecule has 19 heavy (non-hydrogen) atoms. The fourth-order valence-electron chi connectivity index (χ4n) is 1.43. The second kappa shape index (κ2) is 6.55. The molecule has 0 bridgehead atoms. The molecule has 8 heteroatoms. The molecule has 1 rings (SSSR count). The summed E-state index contributed by atoms with van der Waals surface area (Å²) >= 11 is 0. The predicted octanol–water partition coefficient (Wildman–Crippen LogP) is 0.647. The average molecular weight is 271 g/mol. The molecule has 1 N–H and O–H groups in total. The van der Waals surface area contributed by atoms with E-state index in [9.17, 15) is 20.0 Å². The number of hydrogen-bond acceptors (Lipinski definition) is 7. The topological polar surface area (TPSA) is 108 Å². The van der Waals surface area contributed by atoms with Gasteiger partial charge >= 0.3 is 5.97 Å². The summed E-state index contributed by atoms with van der Waals surface area (Å²) in [5.74, 6) is -0.527. The van der Waals surface area contributed by atoms with Crippen LogP contribution in [0.3, 0.4) is 0 Å². The summed E-state index contributed by atoms with van der Waals surface area (Å²) in [5.41, 5.74) is -0.378. The zero-order chi connectivity index (χ0) is 14.4. The molecule has 0 aliphatic heterocycles. The first-order chi connectivity index (χ1) is 9.04. The molecule has 0 amide bonds. The Bertz CT molecular complexity index is 486. The summed E-state index contributed by atoms with van der Waals surface area (Å²) in [7, 11) is 2.52. The number of nitro groups is 1. The van der Waals surface area contributed by atoms with E-state index in [4.69, 9.17) is 9.47 Å². The van der Waals surface area contributed by atoms with Crippen LogP contribution in [0.15, 0.2) is 12.1 Å². The maximum Gasteiger partial charge on any atom is 0.343 e. The number of methoxy groups -OCH3 is 2. The number of esters is 1. The monoisotopic (exact) mass is 271 g/mol. The number of nitro benzene ring substituents is 1. The summed E-state index contributed by atoms with van der Waals surface area (Å²) < 4.78 is 14.5. The number of rotatable bonds is 6. The minimum absolute atomic E-state index is 0.0513. The van der Waals surface area contributed by atoms with Crippen LogP contribution in [0.1, 0.15) is 5.56 Å². The molecule has 0 radical (unpaired) electrons. The first-order valence-corrected chi connectivity index (χ1v) is 5.19. The van der Waals surface area contributed by atoms with E-state index in [2.05, 4.69) is 4.74 Å². The number of ether oxygens (including phenoxy) is 3. The Morgan fingerprint density at radius 1 is 1.42 bits per heavy atom. The number of hydrogen-bond donors (Lipinski definition) is 1. The van der Waals surface area contributed by atoms with Crippen molar-refractivity contribution >= 4 is 11.7 Å². The number of carbonyl (C=O) groups is 1. The molecule has 0 atom stereocenters. The summed E-state index contributed by atoms with van der Waals surface area (Å²) in [6, 6.07) is 2.51. The Balaban J connectivity index is 3.19. The van der Waals surface area contributed by atoms with Crippen molar-refractivity contribution in [2.24, 2.45) is 0 Å². The number of nitrogens with zero attached hydrogens (tertiary/aromatic N) is 1. The standard InChI is InChI=1S/C11H13NO7/c1-17-9-4-3-8(12(15)16)7(5-13)11(9)19-6-10(14)18-2/h3-4,13H,5-6H2,1-2H3. The van der Waals surface area contributed by atoms with Crippen molar-refractivity contribution in [3.63, 3.8) is 0 Å². The van der Waals surface area contributed by atoms with Crippen LogP contribution >= 0.6 is 0 Å². The molecule has 8 nitrogen and oxygen atoms in total. The maximum atomic E-state index is 11.0. The smallest absolute Gasteiger partial charge is 0.343 e. The van der Waals surface area contributed by atoms with Gasteiger partial charge in [0.05, 0.1) is 25.7 Å². The SMILES string of the molecule is COC(=O)COc1c(OC)ccc([N+](=O)[O-])c1CO. The van der Waals surface area contributed by atoms with E-state index in [1.54, 1.807) is 0 Å². The largest absolute Gasteiger partial charge is 0.493 e. The van der Waals surface area contributed by atoms with E-state index in [-0.39, 0.29) is 22.7 Å². The van der Waals surface area contributed by atoms with E-state index < -0.39 is 24.1 Å². The summed E-state index contributed by atoms with van der Waals surface area (Å²) in [4.78, 5) is 21.2. The Hall–Kier alpha value is -2.35. The van der Waals surface area contributed by atoms with Crippen molar-refractivity contribution in [2.75, 3.05) is 20.8 Å². The molecule has 0 aliphatic rings. The van der Waals surface area contributed by atoms with E-state index in [0.717, 1.165) is 0 Å². The molecule has 0 heterocycles. The number of carbonyl (C=O) groups excluding carboxylic acids is 1. The molecular weight excluding hydrogens is 258 g/mol. The van der Waals surface area contributed by atoms with Crippen molar-refractivity contribution in [1.82, 2.24) is 0 Å². The van der Waals surface area contributed by atoms with Gasteiger partial charge in [0.2, 0.25) is 0 Å². The highest BCUT2D eigenvalue weighted by atomic mass is 16.6.